The lowest BCUT2D eigenvalue weighted by Gasteiger charge is -2.35. The first kappa shape index (κ1) is 31.2. The Bertz CT molecular complexity index is 1190. The number of aryl methyl sites for hydroxylation is 2. The number of aliphatic hydroxyl groups is 1. The van der Waals surface area contributed by atoms with Crippen molar-refractivity contribution in [2.24, 2.45) is 5.92 Å². The van der Waals surface area contributed by atoms with Crippen LogP contribution in [0.2, 0.25) is 5.02 Å². The zero-order valence-corrected chi connectivity index (χ0v) is 22.5. The van der Waals surface area contributed by atoms with Gasteiger partial charge in [0.1, 0.15) is 5.75 Å². The summed E-state index contributed by atoms with van der Waals surface area (Å²) in [5.74, 6) is -1.02. The van der Waals surface area contributed by atoms with Crippen LogP contribution in [-0.2, 0) is 24.0 Å². The largest absolute Gasteiger partial charge is 0.434 e. The Morgan fingerprint density at radius 3 is 2.56 bits per heavy atom. The van der Waals surface area contributed by atoms with Crippen molar-refractivity contribution in [1.82, 2.24) is 15.1 Å². The van der Waals surface area contributed by atoms with E-state index in [-0.39, 0.29) is 52.3 Å². The molecule has 3 N–H and O–H groups in total. The number of alkyl halides is 5. The van der Waals surface area contributed by atoms with Crippen LogP contribution in [0.5, 0.6) is 5.75 Å². The Hall–Kier alpha value is -2.29. The van der Waals surface area contributed by atoms with Crippen LogP contribution >= 0.6 is 11.6 Å². The Labute approximate surface area is 229 Å². The van der Waals surface area contributed by atoms with Crippen molar-refractivity contribution in [1.29, 1.82) is 0 Å². The normalized spacial score (nSPS) is 20.7. The van der Waals surface area contributed by atoms with E-state index in [1.165, 1.54) is 16.8 Å². The molecule has 0 aliphatic heterocycles. The van der Waals surface area contributed by atoms with E-state index in [2.05, 4.69) is 15.2 Å². The highest BCUT2D eigenvalue weighted by Gasteiger charge is 2.35. The summed E-state index contributed by atoms with van der Waals surface area (Å²) >= 11 is 4.55. The molecule has 1 aromatic heterocycles. The van der Waals surface area contributed by atoms with Crippen molar-refractivity contribution >= 4 is 28.6 Å². The number of hydrogen-bond acceptors (Lipinski definition) is 5. The van der Waals surface area contributed by atoms with E-state index in [9.17, 15) is 36.1 Å². The fourth-order valence-electron chi connectivity index (χ4n) is 4.56. The highest BCUT2D eigenvalue weighted by Crippen LogP contribution is 2.39. The maximum absolute atomic E-state index is 13.2. The van der Waals surface area contributed by atoms with Gasteiger partial charge in [0.15, 0.2) is 16.8 Å². The van der Waals surface area contributed by atoms with Gasteiger partial charge in [-0.3, -0.25) is 9.48 Å². The summed E-state index contributed by atoms with van der Waals surface area (Å²) in [5, 5.41) is 17.4. The molecule has 1 aliphatic rings. The van der Waals surface area contributed by atoms with Crippen LogP contribution in [0.15, 0.2) is 18.2 Å². The number of aromatic nitrogens is 2. The molecule has 1 atom stereocenters. The van der Waals surface area contributed by atoms with Gasteiger partial charge in [-0.1, -0.05) is 17.7 Å². The first-order valence-corrected chi connectivity index (χ1v) is 13.9. The average molecular weight is 602 g/mol. The van der Waals surface area contributed by atoms with Crippen molar-refractivity contribution in [2.75, 3.05) is 12.3 Å². The molecule has 39 heavy (non-hydrogen) atoms. The second-order valence-corrected chi connectivity index (χ2v) is 10.8. The number of rotatable bonds is 11. The lowest BCUT2D eigenvalue weighted by Crippen LogP contribution is -2.46. The molecule has 1 amide bonds. The van der Waals surface area contributed by atoms with Crippen molar-refractivity contribution in [3.63, 3.8) is 0 Å². The van der Waals surface area contributed by atoms with E-state index in [0.29, 0.717) is 25.7 Å². The summed E-state index contributed by atoms with van der Waals surface area (Å²) in [5.41, 5.74) is -1.25. The van der Waals surface area contributed by atoms with Gasteiger partial charge in [0.25, 0.3) is 5.91 Å². The molecule has 1 aliphatic carbocycles. The van der Waals surface area contributed by atoms with Gasteiger partial charge >= 0.3 is 12.8 Å². The number of nitrogens with zero attached hydrogens (tertiary/aromatic N) is 2. The van der Waals surface area contributed by atoms with Gasteiger partial charge in [-0.05, 0) is 62.6 Å². The fourth-order valence-corrected chi connectivity index (χ4v) is 5.62. The van der Waals surface area contributed by atoms with E-state index in [4.69, 9.17) is 16.2 Å². The van der Waals surface area contributed by atoms with Crippen LogP contribution in [0.4, 0.5) is 22.0 Å². The second-order valence-electron chi connectivity index (χ2n) is 9.49. The third-order valence-electron chi connectivity index (χ3n) is 6.62. The van der Waals surface area contributed by atoms with Crippen LogP contribution in [0.25, 0.3) is 11.3 Å². The summed E-state index contributed by atoms with van der Waals surface area (Å²) < 4.78 is 90.2. The number of carbonyl (C=O) groups is 1. The maximum Gasteiger partial charge on any atom is 0.389 e. The lowest BCUT2D eigenvalue weighted by atomic mass is 9.79. The summed E-state index contributed by atoms with van der Waals surface area (Å²) in [6.07, 6.45) is -4.37. The van der Waals surface area contributed by atoms with Crippen LogP contribution in [0, 0.1) is 5.92 Å². The molecule has 2 aromatic rings. The van der Waals surface area contributed by atoms with Gasteiger partial charge in [-0.2, -0.15) is 27.1 Å². The van der Waals surface area contributed by atoms with Gasteiger partial charge in [-0.15, -0.1) is 0 Å². The molecule has 15 heteroatoms. The Balaban J connectivity index is 1.82. The number of hydrogen-bond donors (Lipinski definition) is 3. The zero-order chi connectivity index (χ0) is 29.0. The molecule has 218 valence electrons. The molecular weight excluding hydrogens is 573 g/mol. The molecule has 0 saturated heterocycles. The van der Waals surface area contributed by atoms with Crippen LogP contribution in [0.3, 0.4) is 0 Å². The van der Waals surface area contributed by atoms with Gasteiger partial charge in [0, 0.05) is 25.1 Å². The van der Waals surface area contributed by atoms with Crippen LogP contribution in [0.1, 0.15) is 55.1 Å². The minimum atomic E-state index is -4.43. The monoisotopic (exact) mass is 601 g/mol. The number of amides is 1. The molecule has 1 heterocycles. The Kier molecular flexibility index (Phi) is 10.3. The van der Waals surface area contributed by atoms with Gasteiger partial charge in [-0.25, -0.2) is 4.21 Å². The van der Waals surface area contributed by atoms with Crippen LogP contribution < -0.4 is 10.1 Å². The standard InChI is InChI=1S/C24H29ClF5N3O5S/c1-2-33-20(16-4-3-14(7-10-24(28,29)30)11-17(16)38-22(26)27)18(25)19(32-33)21(34)31-13-23(35)8-5-15(6-9-23)12-39(36)37/h3-4,11,15,22,35H,2,5-10,12-13H2,1H3,(H,31,34)(H,36,37). The summed E-state index contributed by atoms with van der Waals surface area (Å²) in [7, 11) is 0. The van der Waals surface area contributed by atoms with Crippen molar-refractivity contribution in [2.45, 2.75) is 70.4 Å². The predicted molar refractivity (Wildman–Crippen MR) is 134 cm³/mol. The summed E-state index contributed by atoms with van der Waals surface area (Å²) in [4.78, 5) is 13.0. The molecule has 1 aromatic carbocycles. The molecule has 0 bridgehead atoms. The minimum Gasteiger partial charge on any atom is -0.434 e. The number of ether oxygens (including phenoxy) is 1. The first-order valence-electron chi connectivity index (χ1n) is 12.2. The minimum absolute atomic E-state index is 0.00595. The highest BCUT2D eigenvalue weighted by molar-refractivity contribution is 7.79. The molecule has 8 nitrogen and oxygen atoms in total. The van der Waals surface area contributed by atoms with E-state index in [0.717, 1.165) is 6.07 Å². The topological polar surface area (TPSA) is 114 Å². The van der Waals surface area contributed by atoms with Crippen molar-refractivity contribution < 1.29 is 45.4 Å². The smallest absolute Gasteiger partial charge is 0.389 e. The number of benzene rings is 1. The highest BCUT2D eigenvalue weighted by atomic mass is 35.5. The van der Waals surface area contributed by atoms with Crippen LogP contribution in [-0.4, -0.2) is 60.2 Å². The van der Waals surface area contributed by atoms with Gasteiger partial charge in [0.05, 0.1) is 22.1 Å². The number of carbonyl (C=O) groups excluding carboxylic acids is 1. The fraction of sp³-hybridized carbons (Fsp3) is 0.583. The molecule has 0 radical (unpaired) electrons. The molecule has 3 rings (SSSR count). The molecule has 1 fully saturated rings. The number of nitrogens with one attached hydrogen (secondary N) is 1. The Morgan fingerprint density at radius 2 is 2.00 bits per heavy atom. The zero-order valence-electron chi connectivity index (χ0n) is 20.9. The molecule has 1 unspecified atom stereocenters. The van der Waals surface area contributed by atoms with Gasteiger partial charge in [0.2, 0.25) is 0 Å². The molecule has 1 saturated carbocycles. The third-order valence-corrected chi connectivity index (χ3v) is 7.73. The van der Waals surface area contributed by atoms with E-state index < -0.39 is 54.0 Å². The maximum atomic E-state index is 13.2. The van der Waals surface area contributed by atoms with E-state index >= 15 is 0 Å². The molecular formula is C24H29ClF5N3O5S. The van der Waals surface area contributed by atoms with E-state index in [1.54, 1.807) is 6.92 Å². The third kappa shape index (κ3) is 8.60. The summed E-state index contributed by atoms with van der Waals surface area (Å²) in [6.45, 7) is -1.56. The van der Waals surface area contributed by atoms with Crippen molar-refractivity contribution in [3.05, 3.63) is 34.5 Å². The van der Waals surface area contributed by atoms with Crippen molar-refractivity contribution in [3.8, 4) is 17.0 Å². The number of halogens is 6. The average Bonchev–Trinajstić information content (AvgIpc) is 3.18. The molecule has 0 spiro atoms. The Morgan fingerprint density at radius 1 is 1.33 bits per heavy atom. The van der Waals surface area contributed by atoms with Gasteiger partial charge < -0.3 is 19.7 Å². The second kappa shape index (κ2) is 12.9. The SMILES string of the molecule is CCn1nc(C(=O)NCC2(O)CCC(CS(=O)O)CC2)c(Cl)c1-c1ccc(CCC(F)(F)F)cc1OC(F)F. The first-order chi connectivity index (χ1) is 18.2. The quantitative estimate of drug-likeness (QED) is 0.241. The van der Waals surface area contributed by atoms with E-state index in [1.807, 2.05) is 0 Å². The lowest BCUT2D eigenvalue weighted by molar-refractivity contribution is -0.134. The summed E-state index contributed by atoms with van der Waals surface area (Å²) in [6, 6.07) is 3.70. The predicted octanol–water partition coefficient (Wildman–Crippen LogP) is 5.19.